The maximum atomic E-state index is 13.3. The second-order valence-electron chi connectivity index (χ2n) is 6.45. The van der Waals surface area contributed by atoms with Gasteiger partial charge in [0.2, 0.25) is 10.0 Å². The van der Waals surface area contributed by atoms with Crippen molar-refractivity contribution in [3.8, 4) is 0 Å². The number of aryl methyl sites for hydroxylation is 2. The zero-order valence-corrected chi connectivity index (χ0v) is 16.0. The average Bonchev–Trinajstić information content (AvgIpc) is 2.86. The molecule has 24 heavy (non-hydrogen) atoms. The van der Waals surface area contributed by atoms with E-state index in [9.17, 15) is 8.42 Å². The number of nitrogens with zero attached hydrogens (tertiary/aromatic N) is 1. The third-order valence-corrected chi connectivity index (χ3v) is 7.89. The molecule has 0 spiro atoms. The molecule has 0 N–H and O–H groups in total. The Morgan fingerprint density at radius 2 is 1.88 bits per heavy atom. The Morgan fingerprint density at radius 1 is 1.12 bits per heavy atom. The first-order valence-corrected chi connectivity index (χ1v) is 11.0. The molecule has 1 saturated heterocycles. The van der Waals surface area contributed by atoms with Crippen LogP contribution in [0.3, 0.4) is 0 Å². The van der Waals surface area contributed by atoms with Crippen molar-refractivity contribution in [2.75, 3.05) is 6.54 Å². The monoisotopic (exact) mass is 363 g/mol. The molecule has 1 aromatic heterocycles. The van der Waals surface area contributed by atoms with Crippen molar-refractivity contribution >= 4 is 21.4 Å². The van der Waals surface area contributed by atoms with Gasteiger partial charge in [0.1, 0.15) is 0 Å². The molecule has 3 nitrogen and oxygen atoms in total. The molecule has 0 bridgehead atoms. The van der Waals surface area contributed by atoms with Gasteiger partial charge in [-0.2, -0.15) is 4.31 Å². The van der Waals surface area contributed by atoms with Crippen LogP contribution < -0.4 is 0 Å². The summed E-state index contributed by atoms with van der Waals surface area (Å²) in [5.74, 6) is 0. The quantitative estimate of drug-likeness (QED) is 0.773. The Balaban J connectivity index is 1.99. The highest BCUT2D eigenvalue weighted by Gasteiger charge is 2.34. The van der Waals surface area contributed by atoms with Gasteiger partial charge in [-0.3, -0.25) is 0 Å². The maximum absolute atomic E-state index is 13.3. The van der Waals surface area contributed by atoms with Gasteiger partial charge in [0.15, 0.2) is 0 Å². The van der Waals surface area contributed by atoms with E-state index < -0.39 is 10.0 Å². The van der Waals surface area contributed by atoms with Gasteiger partial charge in [-0.1, -0.05) is 31.9 Å². The molecule has 130 valence electrons. The Labute approximate surface area is 149 Å². The SMILES string of the molecule is CCc1ccc(S(=O)(=O)N2CCCCC[C@@H]2c2sccc2C)cc1. The Bertz CT molecular complexity index is 778. The minimum Gasteiger partial charge on any atom is -0.207 e. The third kappa shape index (κ3) is 3.44. The van der Waals surface area contributed by atoms with Crippen LogP contribution in [0.1, 0.15) is 54.7 Å². The van der Waals surface area contributed by atoms with Gasteiger partial charge in [0, 0.05) is 11.4 Å². The van der Waals surface area contributed by atoms with Gasteiger partial charge in [0.25, 0.3) is 0 Å². The van der Waals surface area contributed by atoms with E-state index in [0.29, 0.717) is 11.4 Å². The zero-order valence-electron chi connectivity index (χ0n) is 14.4. The number of hydrogen-bond donors (Lipinski definition) is 0. The van der Waals surface area contributed by atoms with Crippen LogP contribution >= 0.6 is 11.3 Å². The van der Waals surface area contributed by atoms with Crippen LogP contribution in [-0.4, -0.2) is 19.3 Å². The fourth-order valence-corrected chi connectivity index (χ4v) is 6.20. The van der Waals surface area contributed by atoms with Gasteiger partial charge < -0.3 is 0 Å². The molecule has 0 aliphatic carbocycles. The van der Waals surface area contributed by atoms with Crippen LogP contribution in [-0.2, 0) is 16.4 Å². The number of benzene rings is 1. The van der Waals surface area contributed by atoms with Gasteiger partial charge in [-0.15, -0.1) is 11.3 Å². The second kappa shape index (κ2) is 7.38. The van der Waals surface area contributed by atoms with E-state index in [-0.39, 0.29) is 6.04 Å². The fourth-order valence-electron chi connectivity index (χ4n) is 3.39. The lowest BCUT2D eigenvalue weighted by molar-refractivity contribution is 0.332. The van der Waals surface area contributed by atoms with E-state index in [1.807, 2.05) is 12.1 Å². The largest absolute Gasteiger partial charge is 0.243 e. The summed E-state index contributed by atoms with van der Waals surface area (Å²) >= 11 is 1.68. The molecule has 1 atom stereocenters. The zero-order chi connectivity index (χ0) is 17.2. The molecule has 0 amide bonds. The highest BCUT2D eigenvalue weighted by molar-refractivity contribution is 7.89. The third-order valence-electron chi connectivity index (χ3n) is 4.85. The lowest BCUT2D eigenvalue weighted by atomic mass is 10.1. The Hall–Kier alpha value is -1.17. The van der Waals surface area contributed by atoms with Crippen molar-refractivity contribution < 1.29 is 8.42 Å². The number of thiophene rings is 1. The molecule has 1 fully saturated rings. The van der Waals surface area contributed by atoms with E-state index in [1.54, 1.807) is 27.8 Å². The first-order chi connectivity index (χ1) is 11.5. The molecule has 1 aromatic carbocycles. The molecule has 5 heteroatoms. The molecule has 3 rings (SSSR count). The van der Waals surface area contributed by atoms with Crippen molar-refractivity contribution in [3.63, 3.8) is 0 Å². The summed E-state index contributed by atoms with van der Waals surface area (Å²) in [6.07, 6.45) is 4.95. The first-order valence-electron chi connectivity index (χ1n) is 8.69. The number of sulfonamides is 1. The van der Waals surface area contributed by atoms with E-state index >= 15 is 0 Å². The van der Waals surface area contributed by atoms with Crippen molar-refractivity contribution in [3.05, 3.63) is 51.7 Å². The van der Waals surface area contributed by atoms with Gasteiger partial charge in [0.05, 0.1) is 10.9 Å². The fraction of sp³-hybridized carbons (Fsp3) is 0.474. The predicted molar refractivity (Wildman–Crippen MR) is 100.0 cm³/mol. The summed E-state index contributed by atoms with van der Waals surface area (Å²) in [7, 11) is -3.46. The summed E-state index contributed by atoms with van der Waals surface area (Å²) in [5, 5.41) is 2.07. The van der Waals surface area contributed by atoms with Crippen molar-refractivity contribution in [1.82, 2.24) is 4.31 Å². The lowest BCUT2D eigenvalue weighted by Gasteiger charge is -2.29. The van der Waals surface area contributed by atoms with E-state index in [2.05, 4.69) is 25.3 Å². The van der Waals surface area contributed by atoms with Crippen LogP contribution in [0.25, 0.3) is 0 Å². The molecular weight excluding hydrogens is 338 g/mol. The average molecular weight is 364 g/mol. The Kier molecular flexibility index (Phi) is 5.42. The Morgan fingerprint density at radius 3 is 2.50 bits per heavy atom. The van der Waals surface area contributed by atoms with E-state index in [4.69, 9.17) is 0 Å². The van der Waals surface area contributed by atoms with Crippen molar-refractivity contribution in [2.24, 2.45) is 0 Å². The molecular formula is C19H25NO2S2. The summed E-state index contributed by atoms with van der Waals surface area (Å²) in [6.45, 7) is 4.77. The smallest absolute Gasteiger partial charge is 0.207 e. The first kappa shape index (κ1) is 17.6. The number of rotatable bonds is 4. The predicted octanol–water partition coefficient (Wildman–Crippen LogP) is 4.92. The molecule has 0 unspecified atom stereocenters. The minimum atomic E-state index is -3.46. The standard InChI is InChI=1S/C19H25NO2S2/c1-3-16-8-10-17(11-9-16)24(21,22)20-13-6-4-5-7-18(20)19-15(2)12-14-23-19/h8-12,14,18H,3-7,13H2,1-2H3/t18-/m1/s1. The maximum Gasteiger partial charge on any atom is 0.243 e. The summed E-state index contributed by atoms with van der Waals surface area (Å²) in [5.41, 5.74) is 2.36. The van der Waals surface area contributed by atoms with Crippen LogP contribution in [0, 0.1) is 6.92 Å². The summed E-state index contributed by atoms with van der Waals surface area (Å²) in [6, 6.07) is 9.44. The van der Waals surface area contributed by atoms with Crippen LogP contribution in [0.5, 0.6) is 0 Å². The second-order valence-corrected chi connectivity index (χ2v) is 9.28. The highest BCUT2D eigenvalue weighted by Crippen LogP contribution is 2.38. The van der Waals surface area contributed by atoms with E-state index in [1.165, 1.54) is 10.4 Å². The van der Waals surface area contributed by atoms with Crippen molar-refractivity contribution in [1.29, 1.82) is 0 Å². The molecule has 0 radical (unpaired) electrons. The van der Waals surface area contributed by atoms with E-state index in [0.717, 1.165) is 37.7 Å². The lowest BCUT2D eigenvalue weighted by Crippen LogP contribution is -2.34. The molecule has 2 heterocycles. The van der Waals surface area contributed by atoms with Crippen LogP contribution in [0.15, 0.2) is 40.6 Å². The van der Waals surface area contributed by atoms with Gasteiger partial charge in [-0.05, 0) is 60.9 Å². The molecule has 1 aliphatic rings. The van der Waals surface area contributed by atoms with Gasteiger partial charge >= 0.3 is 0 Å². The summed E-state index contributed by atoms with van der Waals surface area (Å²) < 4.78 is 28.3. The molecule has 2 aromatic rings. The van der Waals surface area contributed by atoms with Crippen LogP contribution in [0.4, 0.5) is 0 Å². The van der Waals surface area contributed by atoms with Gasteiger partial charge in [-0.25, -0.2) is 8.42 Å². The highest BCUT2D eigenvalue weighted by atomic mass is 32.2. The molecule has 0 saturated carbocycles. The normalized spacial score (nSPS) is 20.0. The topological polar surface area (TPSA) is 37.4 Å². The molecule has 1 aliphatic heterocycles. The summed E-state index contributed by atoms with van der Waals surface area (Å²) in [4.78, 5) is 1.62. The minimum absolute atomic E-state index is 0.0247. The van der Waals surface area contributed by atoms with Crippen LogP contribution in [0.2, 0.25) is 0 Å². The number of hydrogen-bond acceptors (Lipinski definition) is 3. The van der Waals surface area contributed by atoms with Crippen molar-refractivity contribution in [2.45, 2.75) is 56.9 Å².